The summed E-state index contributed by atoms with van der Waals surface area (Å²) in [5.41, 5.74) is -7.89. The molecule has 0 saturated carbocycles. The van der Waals surface area contributed by atoms with Crippen LogP contribution in [0.5, 0.6) is 0 Å². The number of halogens is 8. The van der Waals surface area contributed by atoms with Gasteiger partial charge in [0.05, 0.1) is 31.3 Å². The quantitative estimate of drug-likeness (QED) is 0.0495. The third-order valence-electron chi connectivity index (χ3n) is 10.2. The number of rotatable bonds is 6. The lowest BCUT2D eigenvalue weighted by atomic mass is 9.68. The molecule has 2 aromatic heterocycles. The number of fused-ring (bicyclic) bond motifs is 4. The number of hydrogen-bond acceptors (Lipinski definition) is 11. The Balaban J connectivity index is 0.000000264. The van der Waals surface area contributed by atoms with Gasteiger partial charge in [-0.1, -0.05) is 32.5 Å². The molecule has 0 radical (unpaired) electrons. The van der Waals surface area contributed by atoms with Crippen molar-refractivity contribution >= 4 is 39.2 Å². The van der Waals surface area contributed by atoms with Gasteiger partial charge in [0.2, 0.25) is 0 Å². The molecular formula is C43H46F8N4O10S. The molecule has 23 heteroatoms. The fourth-order valence-corrected chi connectivity index (χ4v) is 7.81. The van der Waals surface area contributed by atoms with E-state index in [2.05, 4.69) is 20.6 Å². The van der Waals surface area contributed by atoms with E-state index in [1.165, 1.54) is 24.3 Å². The molecule has 3 aliphatic rings. The molecule has 3 aromatic carbocycles. The first-order valence-corrected chi connectivity index (χ1v) is 20.1. The summed E-state index contributed by atoms with van der Waals surface area (Å²) in [6.07, 6.45) is -10.1. The Morgan fingerprint density at radius 1 is 0.697 bits per heavy atom. The largest absolute Gasteiger partial charge is 0.402 e. The average Bonchev–Trinajstić information content (AvgIpc) is 3.74. The van der Waals surface area contributed by atoms with Crippen LogP contribution in [0.2, 0.25) is 0 Å². The van der Waals surface area contributed by atoms with Gasteiger partial charge in [-0.15, -0.1) is 0 Å². The van der Waals surface area contributed by atoms with Gasteiger partial charge in [0.1, 0.15) is 40.1 Å². The summed E-state index contributed by atoms with van der Waals surface area (Å²) in [6.45, 7) is 1.94. The molecule has 8 rings (SSSR count). The molecule has 3 aliphatic heterocycles. The number of benzene rings is 3. The van der Waals surface area contributed by atoms with Crippen LogP contribution < -0.4 is 21.8 Å². The van der Waals surface area contributed by atoms with Gasteiger partial charge in [-0.25, -0.2) is 8.78 Å². The molecule has 2 unspecified atom stereocenters. The molecular weight excluding hydrogens is 917 g/mol. The monoisotopic (exact) mass is 962 g/mol. The number of aliphatic hydroxyl groups is 2. The first-order chi connectivity index (χ1) is 30.0. The zero-order chi connectivity index (χ0) is 47.3. The summed E-state index contributed by atoms with van der Waals surface area (Å²) >= 11 is 0. The van der Waals surface area contributed by atoms with Crippen LogP contribution in [0, 0.1) is 18.6 Å². The summed E-state index contributed by atoms with van der Waals surface area (Å²) < 4.78 is 153. The normalized spacial score (nSPS) is 18.1. The van der Waals surface area contributed by atoms with Crippen LogP contribution in [0.3, 0.4) is 0 Å². The van der Waals surface area contributed by atoms with E-state index in [-0.39, 0.29) is 86.3 Å². The van der Waals surface area contributed by atoms with Gasteiger partial charge < -0.3 is 45.1 Å². The molecule has 0 bridgehead atoms. The summed E-state index contributed by atoms with van der Waals surface area (Å²) in [4.78, 5) is 39.7. The van der Waals surface area contributed by atoms with Crippen LogP contribution >= 0.6 is 0 Å². The summed E-state index contributed by atoms with van der Waals surface area (Å²) in [5.74, 6) is -1.67. The summed E-state index contributed by atoms with van der Waals surface area (Å²) in [6, 6.07) is 14.2. The maximum absolute atomic E-state index is 14.5. The molecule has 1 saturated heterocycles. The second kappa shape index (κ2) is 21.5. The number of nitrogens with one attached hydrogen (secondary N) is 4. The van der Waals surface area contributed by atoms with Crippen molar-refractivity contribution in [2.24, 2.45) is 0 Å². The molecule has 2 atom stereocenters. The maximum atomic E-state index is 14.5. The molecule has 14 nitrogen and oxygen atoms in total. The molecule has 7 N–H and O–H groups in total. The van der Waals surface area contributed by atoms with E-state index in [0.717, 1.165) is 54.4 Å². The van der Waals surface area contributed by atoms with Crippen molar-refractivity contribution in [1.29, 1.82) is 0 Å². The Morgan fingerprint density at radius 3 is 1.52 bits per heavy atom. The van der Waals surface area contributed by atoms with Gasteiger partial charge in [0.25, 0.3) is 21.2 Å². The Kier molecular flexibility index (Phi) is 17.7. The number of ether oxygens (including phenoxy) is 2. The molecule has 0 amide bonds. The Bertz CT molecular complexity index is 2690. The number of anilines is 4. The topological polar surface area (TPSA) is 220 Å². The summed E-state index contributed by atoms with van der Waals surface area (Å²) in [7, 11) is -4.02. The van der Waals surface area contributed by atoms with Crippen LogP contribution in [-0.4, -0.2) is 84.5 Å². The Labute approximate surface area is 372 Å². The lowest BCUT2D eigenvalue weighted by Gasteiger charge is -2.42. The van der Waals surface area contributed by atoms with E-state index < -0.39 is 86.3 Å². The van der Waals surface area contributed by atoms with Crippen LogP contribution in [0.25, 0.3) is 0 Å². The average molecular weight is 963 g/mol. The molecule has 0 spiro atoms. The highest BCUT2D eigenvalue weighted by molar-refractivity contribution is 7.85. The van der Waals surface area contributed by atoms with Crippen molar-refractivity contribution in [2.45, 2.75) is 69.0 Å². The fourth-order valence-electron chi connectivity index (χ4n) is 7.33. The number of aromatic amines is 2. The van der Waals surface area contributed by atoms with Gasteiger partial charge >= 0.3 is 12.4 Å². The van der Waals surface area contributed by atoms with Crippen molar-refractivity contribution in [3.63, 3.8) is 0 Å². The van der Waals surface area contributed by atoms with E-state index in [9.17, 15) is 57.9 Å². The van der Waals surface area contributed by atoms with Crippen molar-refractivity contribution in [1.82, 2.24) is 9.97 Å². The van der Waals surface area contributed by atoms with Gasteiger partial charge in [-0.3, -0.25) is 14.1 Å². The third kappa shape index (κ3) is 11.0. The van der Waals surface area contributed by atoms with Gasteiger partial charge in [-0.2, -0.15) is 34.8 Å². The number of carbonyl (C=O) groups is 1. The van der Waals surface area contributed by atoms with Crippen molar-refractivity contribution < 1.29 is 72.6 Å². The number of aryl methyl sites for hydroxylation is 1. The van der Waals surface area contributed by atoms with Gasteiger partial charge in [0.15, 0.2) is 6.29 Å². The number of carbonyl (C=O) groups excluding carboxylic acids is 1. The molecule has 66 heavy (non-hydrogen) atoms. The summed E-state index contributed by atoms with van der Waals surface area (Å²) in [5, 5.41) is 20.5. The number of aromatic nitrogens is 2. The highest BCUT2D eigenvalue weighted by Crippen LogP contribution is 2.57. The van der Waals surface area contributed by atoms with Gasteiger partial charge in [0, 0.05) is 47.7 Å². The van der Waals surface area contributed by atoms with E-state index in [1.54, 1.807) is 12.1 Å². The molecule has 5 heterocycles. The Hall–Kier alpha value is -5.98. The van der Waals surface area contributed by atoms with E-state index >= 15 is 0 Å². The molecule has 360 valence electrons. The van der Waals surface area contributed by atoms with Crippen molar-refractivity contribution in [3.05, 3.63) is 145 Å². The standard InChI is InChI=1S/C17H14F4N2O3.C15H10F4N2O2.C7H8O3S.C2H6O2.2CH4/c18-9-1-2-12-11(7-9)16(17(19,20)21,8-13-25-5-6-26-13)10-3-4-22-15(24)14(10)23-12;16-8-1-2-11-10(7-8)14(4-6-22,15(17,18)19)9-3-5-20-13(23)12(9)21-11;1-6-2-4-7(5-3-6)11(8,9)10;3-1-2-4;;/h1-4,7,13,23H,5-6,8H2,(H,22,24);1-3,5-7,21H,4H2,(H,20,23);2-5H,1H3,(H,8,9,10);3-4H,1-2H2;2*1H4. The number of alkyl halides is 6. The van der Waals surface area contributed by atoms with Crippen LogP contribution in [0.4, 0.5) is 57.9 Å². The van der Waals surface area contributed by atoms with E-state index in [1.807, 2.05) is 6.92 Å². The lowest BCUT2D eigenvalue weighted by molar-refractivity contribution is -0.197. The third-order valence-corrected chi connectivity index (χ3v) is 11.1. The number of aliphatic hydroxyl groups excluding tert-OH is 2. The van der Waals surface area contributed by atoms with E-state index in [4.69, 9.17) is 24.2 Å². The second-order valence-corrected chi connectivity index (χ2v) is 15.5. The predicted molar refractivity (Wildman–Crippen MR) is 227 cm³/mol. The minimum Gasteiger partial charge on any atom is -0.394 e. The highest BCUT2D eigenvalue weighted by atomic mass is 32.2. The molecule has 1 fully saturated rings. The SMILES string of the molecule is C.C.Cc1ccc(S(=O)(=O)O)cc1.O=CCC1(C(F)(F)F)c2cc(F)ccc2Nc2c1cc[nH]c2=O.O=c1[nH]ccc2c1Nc1ccc(F)cc1C2(CC1OCCO1)C(F)(F)F.OCCO. The van der Waals surface area contributed by atoms with Crippen molar-refractivity contribution in [2.75, 3.05) is 37.1 Å². The van der Waals surface area contributed by atoms with Crippen LogP contribution in [0.1, 0.15) is 55.5 Å². The van der Waals surface area contributed by atoms with Crippen LogP contribution in [0.15, 0.2) is 99.7 Å². The minimum absolute atomic E-state index is 0. The molecule has 5 aromatic rings. The zero-order valence-corrected chi connectivity index (χ0v) is 33.9. The lowest BCUT2D eigenvalue weighted by Crippen LogP contribution is -2.49. The smallest absolute Gasteiger partial charge is 0.394 e. The number of hydrogen-bond donors (Lipinski definition) is 7. The minimum atomic E-state index is -4.90. The first kappa shape index (κ1) is 54.4. The number of pyridine rings is 2. The Morgan fingerprint density at radius 2 is 1.12 bits per heavy atom. The highest BCUT2D eigenvalue weighted by Gasteiger charge is 2.62. The van der Waals surface area contributed by atoms with Crippen LogP contribution in [-0.2, 0) is 35.2 Å². The maximum Gasteiger partial charge on any atom is 0.402 e. The second-order valence-electron chi connectivity index (χ2n) is 14.1. The molecule has 0 aliphatic carbocycles. The number of aldehydes is 1. The zero-order valence-electron chi connectivity index (χ0n) is 33.1. The van der Waals surface area contributed by atoms with E-state index in [0.29, 0.717) is 0 Å². The predicted octanol–water partition coefficient (Wildman–Crippen LogP) is 7.68. The first-order valence-electron chi connectivity index (χ1n) is 18.7. The van der Waals surface area contributed by atoms with Gasteiger partial charge in [-0.05, 0) is 78.7 Å². The fraction of sp³-hybridized carbons (Fsp3) is 0.326. The number of H-pyrrole nitrogens is 2. The van der Waals surface area contributed by atoms with Crippen molar-refractivity contribution in [3.8, 4) is 0 Å².